The summed E-state index contributed by atoms with van der Waals surface area (Å²) < 4.78 is 12.8. The molecule has 0 bridgehead atoms. The van der Waals surface area contributed by atoms with Gasteiger partial charge in [0.15, 0.2) is 0 Å². The molecule has 3 N–H and O–H groups in total. The fourth-order valence-corrected chi connectivity index (χ4v) is 2.76. The van der Waals surface area contributed by atoms with Crippen molar-refractivity contribution in [3.05, 3.63) is 35.6 Å². The maximum atomic E-state index is 12.8. The van der Waals surface area contributed by atoms with Crippen molar-refractivity contribution in [3.63, 3.8) is 0 Å². The van der Waals surface area contributed by atoms with Gasteiger partial charge in [0.1, 0.15) is 5.82 Å². The molecule has 0 unspecified atom stereocenters. The van der Waals surface area contributed by atoms with Gasteiger partial charge < -0.3 is 15.7 Å². The summed E-state index contributed by atoms with van der Waals surface area (Å²) >= 11 is 0. The molecule has 0 spiro atoms. The average Bonchev–Trinajstić information content (AvgIpc) is 3.07. The van der Waals surface area contributed by atoms with Crippen molar-refractivity contribution in [2.75, 3.05) is 13.1 Å². The molecule has 0 aromatic heterocycles. The van der Waals surface area contributed by atoms with Crippen molar-refractivity contribution in [3.8, 4) is 0 Å². The van der Waals surface area contributed by atoms with Crippen LogP contribution in [-0.4, -0.2) is 36.0 Å². The van der Waals surface area contributed by atoms with Crippen LogP contribution < -0.4 is 10.6 Å². The molecule has 1 aromatic carbocycles. The van der Waals surface area contributed by atoms with E-state index in [1.165, 1.54) is 24.3 Å². The molecule has 1 fully saturated rings. The average molecular weight is 322 g/mol. The zero-order chi connectivity index (χ0) is 17.2. The predicted molar refractivity (Wildman–Crippen MR) is 80.1 cm³/mol. The lowest BCUT2D eigenvalue weighted by molar-refractivity contribution is -0.140. The van der Waals surface area contributed by atoms with Gasteiger partial charge in [0, 0.05) is 18.7 Å². The summed E-state index contributed by atoms with van der Waals surface area (Å²) in [6.07, 6.45) is 0. The first-order chi connectivity index (χ1) is 10.7. The zero-order valence-corrected chi connectivity index (χ0v) is 12.9. The minimum atomic E-state index is -0.972. The van der Waals surface area contributed by atoms with Crippen LogP contribution in [-0.2, 0) is 9.59 Å². The lowest BCUT2D eigenvalue weighted by Crippen LogP contribution is -2.36. The van der Waals surface area contributed by atoms with E-state index in [9.17, 15) is 18.8 Å². The van der Waals surface area contributed by atoms with Crippen molar-refractivity contribution in [1.82, 2.24) is 10.6 Å². The maximum absolute atomic E-state index is 12.8. The summed E-state index contributed by atoms with van der Waals surface area (Å²) in [4.78, 5) is 34.8. The highest BCUT2D eigenvalue weighted by molar-refractivity contribution is 5.94. The van der Waals surface area contributed by atoms with Crippen molar-refractivity contribution in [1.29, 1.82) is 0 Å². The number of benzene rings is 1. The number of hydrogen-bond acceptors (Lipinski definition) is 3. The zero-order valence-electron chi connectivity index (χ0n) is 12.9. The predicted octanol–water partition coefficient (Wildman–Crippen LogP) is 1.03. The molecule has 1 saturated carbocycles. The van der Waals surface area contributed by atoms with Crippen LogP contribution in [0.2, 0.25) is 0 Å². The molecule has 23 heavy (non-hydrogen) atoms. The Hall–Kier alpha value is -2.44. The van der Waals surface area contributed by atoms with Crippen LogP contribution in [0.5, 0.6) is 0 Å². The number of nitrogens with one attached hydrogen (secondary N) is 2. The van der Waals surface area contributed by atoms with Crippen LogP contribution in [0.4, 0.5) is 4.39 Å². The topological polar surface area (TPSA) is 95.5 Å². The van der Waals surface area contributed by atoms with E-state index in [-0.39, 0.29) is 24.9 Å². The van der Waals surface area contributed by atoms with Crippen molar-refractivity contribution in [2.24, 2.45) is 17.3 Å². The molecule has 0 saturated heterocycles. The molecule has 2 amide bonds. The second-order valence-corrected chi connectivity index (χ2v) is 6.17. The Labute approximate surface area is 133 Å². The van der Waals surface area contributed by atoms with Crippen molar-refractivity contribution >= 4 is 17.8 Å². The monoisotopic (exact) mass is 322 g/mol. The van der Waals surface area contributed by atoms with Gasteiger partial charge in [-0.3, -0.25) is 14.4 Å². The van der Waals surface area contributed by atoms with Gasteiger partial charge in [-0.25, -0.2) is 4.39 Å². The van der Waals surface area contributed by atoms with Crippen molar-refractivity contribution in [2.45, 2.75) is 13.8 Å². The van der Waals surface area contributed by atoms with E-state index >= 15 is 0 Å². The summed E-state index contributed by atoms with van der Waals surface area (Å²) in [5.74, 6) is -3.30. The Morgan fingerprint density at radius 2 is 1.65 bits per heavy atom. The second kappa shape index (κ2) is 6.36. The minimum absolute atomic E-state index is 0.199. The molecular weight excluding hydrogens is 303 g/mol. The van der Waals surface area contributed by atoms with Gasteiger partial charge in [-0.05, 0) is 29.7 Å². The highest BCUT2D eigenvalue weighted by atomic mass is 19.1. The number of hydrogen-bond donors (Lipinski definition) is 3. The molecule has 1 aliphatic carbocycles. The second-order valence-electron chi connectivity index (χ2n) is 6.17. The summed E-state index contributed by atoms with van der Waals surface area (Å²) in [5.41, 5.74) is -0.222. The minimum Gasteiger partial charge on any atom is -0.481 e. The summed E-state index contributed by atoms with van der Waals surface area (Å²) in [7, 11) is 0. The third kappa shape index (κ3) is 3.67. The Morgan fingerprint density at radius 3 is 2.17 bits per heavy atom. The van der Waals surface area contributed by atoms with E-state index in [0.29, 0.717) is 5.56 Å². The van der Waals surface area contributed by atoms with Crippen LogP contribution in [0.3, 0.4) is 0 Å². The van der Waals surface area contributed by atoms with E-state index in [1.807, 2.05) is 0 Å². The normalized spacial score (nSPS) is 21.3. The standard InChI is InChI=1S/C16H19FN2O4/c1-16(2)11(12(16)15(22)23)14(21)19-8-7-18-13(20)9-3-5-10(17)6-4-9/h3-6,11-12H,7-8H2,1-2H3,(H,18,20)(H,19,21)(H,22,23)/t11-,12+/m1/s1. The summed E-state index contributed by atoms with van der Waals surface area (Å²) in [6.45, 7) is 3.89. The number of carbonyl (C=O) groups is 3. The first kappa shape index (κ1) is 16.9. The SMILES string of the molecule is CC1(C)[C@H](C(=O)O)[C@@H]1C(=O)NCCNC(=O)c1ccc(F)cc1. The highest BCUT2D eigenvalue weighted by Gasteiger charge is 2.65. The fraction of sp³-hybridized carbons (Fsp3) is 0.438. The third-order valence-corrected chi connectivity index (χ3v) is 4.19. The largest absolute Gasteiger partial charge is 0.481 e. The lowest BCUT2D eigenvalue weighted by Gasteiger charge is -2.08. The van der Waals surface area contributed by atoms with Gasteiger partial charge in [-0.15, -0.1) is 0 Å². The quantitative estimate of drug-likeness (QED) is 0.682. The molecular formula is C16H19FN2O4. The van der Waals surface area contributed by atoms with Crippen LogP contribution >= 0.6 is 0 Å². The van der Waals surface area contributed by atoms with Gasteiger partial charge in [-0.1, -0.05) is 13.8 Å². The van der Waals surface area contributed by atoms with Crippen LogP contribution in [0.1, 0.15) is 24.2 Å². The molecule has 124 valence electrons. The molecule has 6 nitrogen and oxygen atoms in total. The number of aliphatic carboxylic acids is 1. The first-order valence-corrected chi connectivity index (χ1v) is 7.29. The molecule has 1 aromatic rings. The van der Waals surface area contributed by atoms with E-state index in [0.717, 1.165) is 0 Å². The van der Waals surface area contributed by atoms with Gasteiger partial charge in [0.25, 0.3) is 5.91 Å². The molecule has 2 rings (SSSR count). The van der Waals surface area contributed by atoms with E-state index in [4.69, 9.17) is 5.11 Å². The van der Waals surface area contributed by atoms with E-state index in [2.05, 4.69) is 10.6 Å². The molecule has 2 atom stereocenters. The number of carbonyl (C=O) groups excluding carboxylic acids is 2. The molecule has 1 aliphatic rings. The lowest BCUT2D eigenvalue weighted by atomic mass is 10.1. The number of amides is 2. The number of carboxylic acids is 1. The van der Waals surface area contributed by atoms with Crippen LogP contribution in [0, 0.1) is 23.1 Å². The van der Waals surface area contributed by atoms with Crippen molar-refractivity contribution < 1.29 is 23.9 Å². The molecule has 0 heterocycles. The van der Waals surface area contributed by atoms with Gasteiger partial charge >= 0.3 is 5.97 Å². The Balaban J connectivity index is 1.74. The Morgan fingerprint density at radius 1 is 1.09 bits per heavy atom. The summed E-state index contributed by atoms with van der Waals surface area (Å²) in [6, 6.07) is 5.12. The Kier molecular flexibility index (Phi) is 4.68. The first-order valence-electron chi connectivity index (χ1n) is 7.29. The molecule has 7 heteroatoms. The fourth-order valence-electron chi connectivity index (χ4n) is 2.76. The number of halogens is 1. The number of rotatable bonds is 6. The van der Waals surface area contributed by atoms with Gasteiger partial charge in [0.2, 0.25) is 5.91 Å². The third-order valence-electron chi connectivity index (χ3n) is 4.19. The molecule has 0 aliphatic heterocycles. The molecule has 0 radical (unpaired) electrons. The smallest absolute Gasteiger partial charge is 0.307 e. The van der Waals surface area contributed by atoms with Gasteiger partial charge in [-0.2, -0.15) is 0 Å². The maximum Gasteiger partial charge on any atom is 0.307 e. The highest BCUT2D eigenvalue weighted by Crippen LogP contribution is 2.58. The van der Waals surface area contributed by atoms with Crippen LogP contribution in [0.25, 0.3) is 0 Å². The van der Waals surface area contributed by atoms with Crippen LogP contribution in [0.15, 0.2) is 24.3 Å². The Bertz CT molecular complexity index is 627. The summed E-state index contributed by atoms with van der Waals surface area (Å²) in [5, 5.41) is 14.3. The van der Waals surface area contributed by atoms with E-state index in [1.54, 1.807) is 13.8 Å². The van der Waals surface area contributed by atoms with Gasteiger partial charge in [0.05, 0.1) is 11.8 Å². The number of carboxylic acid groups (broad SMARTS) is 1. The van der Waals surface area contributed by atoms with E-state index < -0.39 is 29.0 Å².